The van der Waals surface area contributed by atoms with Crippen molar-refractivity contribution in [1.82, 2.24) is 14.5 Å². The Morgan fingerprint density at radius 3 is 2.47 bits per heavy atom. The van der Waals surface area contributed by atoms with E-state index in [0.29, 0.717) is 35.1 Å². The molecule has 0 radical (unpaired) electrons. The van der Waals surface area contributed by atoms with Gasteiger partial charge in [-0.05, 0) is 55.5 Å². The van der Waals surface area contributed by atoms with Gasteiger partial charge in [0.25, 0.3) is 12.0 Å². The zero-order valence-corrected chi connectivity index (χ0v) is 19.4. The van der Waals surface area contributed by atoms with Crippen molar-refractivity contribution in [2.75, 3.05) is 20.8 Å². The van der Waals surface area contributed by atoms with Crippen molar-refractivity contribution in [1.29, 1.82) is 0 Å². The molecule has 0 saturated heterocycles. The molecule has 0 spiro atoms. The number of hydrogen-bond donors (Lipinski definition) is 1. The van der Waals surface area contributed by atoms with Crippen LogP contribution in [0.3, 0.4) is 0 Å². The fourth-order valence-electron chi connectivity index (χ4n) is 3.72. The number of nitrogens with zero attached hydrogens (tertiary/aromatic N) is 2. The lowest BCUT2D eigenvalue weighted by molar-refractivity contribution is 0.153. The molecule has 0 aliphatic rings. The van der Waals surface area contributed by atoms with Crippen LogP contribution in [0.2, 0.25) is 0 Å². The molecule has 2 aromatic heterocycles. The fourth-order valence-corrected chi connectivity index (χ4v) is 3.99. The smallest absolute Gasteiger partial charge is 0.264 e. The molecule has 0 aliphatic carbocycles. The number of hydrogen-bond acceptors (Lipinski definition) is 6. The SMILES string of the molecule is CCOc1ccccc1-n1c(=S)[nH]c(=O)c2c(C(F)F)cc(-c3ccc(OC)c(OC)c3)nc21. The van der Waals surface area contributed by atoms with E-state index in [0.717, 1.165) is 0 Å². The van der Waals surface area contributed by atoms with E-state index in [2.05, 4.69) is 9.97 Å². The third-order valence-electron chi connectivity index (χ3n) is 5.21. The minimum Gasteiger partial charge on any atom is -0.493 e. The molecule has 0 saturated carbocycles. The first-order chi connectivity index (χ1) is 16.4. The van der Waals surface area contributed by atoms with Gasteiger partial charge < -0.3 is 14.2 Å². The van der Waals surface area contributed by atoms with Crippen molar-refractivity contribution in [3.63, 3.8) is 0 Å². The topological polar surface area (TPSA) is 78.4 Å². The largest absolute Gasteiger partial charge is 0.493 e. The molecule has 7 nitrogen and oxygen atoms in total. The van der Waals surface area contributed by atoms with Crippen LogP contribution in [-0.4, -0.2) is 35.4 Å². The lowest BCUT2D eigenvalue weighted by Gasteiger charge is -2.17. The van der Waals surface area contributed by atoms with Crippen molar-refractivity contribution in [2.45, 2.75) is 13.3 Å². The number of rotatable bonds is 7. The summed E-state index contributed by atoms with van der Waals surface area (Å²) < 4.78 is 46.1. The maximum Gasteiger partial charge on any atom is 0.264 e. The summed E-state index contributed by atoms with van der Waals surface area (Å²) in [5, 5.41) is -0.251. The predicted molar refractivity (Wildman–Crippen MR) is 127 cm³/mol. The van der Waals surface area contributed by atoms with E-state index in [-0.39, 0.29) is 21.5 Å². The molecule has 10 heteroatoms. The van der Waals surface area contributed by atoms with Gasteiger partial charge in [0, 0.05) is 11.1 Å². The van der Waals surface area contributed by atoms with E-state index in [4.69, 9.17) is 26.4 Å². The second-order valence-corrected chi connectivity index (χ2v) is 7.55. The molecule has 34 heavy (non-hydrogen) atoms. The highest BCUT2D eigenvalue weighted by molar-refractivity contribution is 7.71. The minimum atomic E-state index is -2.93. The molecular formula is C24H21F2N3O4S. The monoisotopic (exact) mass is 485 g/mol. The zero-order valence-electron chi connectivity index (χ0n) is 18.6. The standard InChI is InChI=1S/C24H21F2N3O4S/c1-4-33-17-8-6-5-7-16(17)29-22-20(23(30)28-24(29)34)14(21(25)26)12-15(27-22)13-9-10-18(31-2)19(11-13)32-3/h5-12,21H,4H2,1-3H3,(H,28,30,34). The number of halogens is 2. The minimum absolute atomic E-state index is 0.00170. The van der Waals surface area contributed by atoms with Crippen LogP contribution < -0.4 is 19.8 Å². The molecule has 0 aliphatic heterocycles. The number of ether oxygens (including phenoxy) is 3. The van der Waals surface area contributed by atoms with Gasteiger partial charge in [-0.2, -0.15) is 0 Å². The number of aromatic amines is 1. The molecule has 4 aromatic rings. The lowest BCUT2D eigenvalue weighted by atomic mass is 10.1. The van der Waals surface area contributed by atoms with E-state index in [1.807, 2.05) is 6.92 Å². The molecule has 0 unspecified atom stereocenters. The van der Waals surface area contributed by atoms with Crippen LogP contribution in [0.15, 0.2) is 53.3 Å². The number of benzene rings is 2. The maximum absolute atomic E-state index is 14.2. The van der Waals surface area contributed by atoms with Gasteiger partial charge in [0.05, 0.1) is 37.6 Å². The Kier molecular flexibility index (Phi) is 6.60. The Bertz CT molecular complexity index is 1480. The summed E-state index contributed by atoms with van der Waals surface area (Å²) in [5.74, 6) is 1.35. The average Bonchev–Trinajstić information content (AvgIpc) is 2.83. The predicted octanol–water partition coefficient (Wildman–Crippen LogP) is 5.46. The van der Waals surface area contributed by atoms with E-state index < -0.39 is 17.5 Å². The molecule has 176 valence electrons. The third kappa shape index (κ3) is 4.12. The van der Waals surface area contributed by atoms with E-state index in [1.54, 1.807) is 42.5 Å². The number of H-pyrrole nitrogens is 1. The van der Waals surface area contributed by atoms with Crippen molar-refractivity contribution >= 4 is 23.3 Å². The molecule has 0 bridgehead atoms. The molecule has 4 rings (SSSR count). The highest BCUT2D eigenvalue weighted by Crippen LogP contribution is 2.35. The number of para-hydroxylation sites is 2. The number of nitrogens with one attached hydrogen (secondary N) is 1. The van der Waals surface area contributed by atoms with Crippen molar-refractivity contribution in [3.05, 3.63) is 69.2 Å². The average molecular weight is 486 g/mol. The Labute approximate surface area is 198 Å². The lowest BCUT2D eigenvalue weighted by Crippen LogP contribution is -2.17. The van der Waals surface area contributed by atoms with Gasteiger partial charge in [-0.1, -0.05) is 12.1 Å². The van der Waals surface area contributed by atoms with Gasteiger partial charge in [-0.3, -0.25) is 14.3 Å². The quantitative estimate of drug-likeness (QED) is 0.350. The number of alkyl halides is 2. The first-order valence-corrected chi connectivity index (χ1v) is 10.7. The van der Waals surface area contributed by atoms with Crippen LogP contribution in [0.1, 0.15) is 18.9 Å². The van der Waals surface area contributed by atoms with Gasteiger partial charge in [-0.15, -0.1) is 0 Å². The van der Waals surface area contributed by atoms with Crippen LogP contribution in [0.4, 0.5) is 8.78 Å². The summed E-state index contributed by atoms with van der Waals surface area (Å²) in [4.78, 5) is 19.9. The highest BCUT2D eigenvalue weighted by Gasteiger charge is 2.22. The second kappa shape index (κ2) is 9.60. The summed E-state index contributed by atoms with van der Waals surface area (Å²) in [6.07, 6.45) is -2.93. The summed E-state index contributed by atoms with van der Waals surface area (Å²) in [6, 6.07) is 13.1. The highest BCUT2D eigenvalue weighted by atomic mass is 32.1. The summed E-state index contributed by atoms with van der Waals surface area (Å²) in [7, 11) is 2.97. The van der Waals surface area contributed by atoms with Crippen molar-refractivity contribution in [3.8, 4) is 34.2 Å². The fraction of sp³-hybridized carbons (Fsp3) is 0.208. The van der Waals surface area contributed by atoms with Gasteiger partial charge in [-0.25, -0.2) is 13.8 Å². The first-order valence-electron chi connectivity index (χ1n) is 10.3. The van der Waals surface area contributed by atoms with E-state index in [1.165, 1.54) is 24.9 Å². The zero-order chi connectivity index (χ0) is 24.4. The molecule has 0 atom stereocenters. The molecule has 1 N–H and O–H groups in total. The first kappa shape index (κ1) is 23.4. The maximum atomic E-state index is 14.2. The summed E-state index contributed by atoms with van der Waals surface area (Å²) in [6.45, 7) is 2.20. The van der Waals surface area contributed by atoms with Crippen LogP contribution in [0.25, 0.3) is 28.0 Å². The van der Waals surface area contributed by atoms with Gasteiger partial charge in [0.1, 0.15) is 5.75 Å². The van der Waals surface area contributed by atoms with Crippen LogP contribution >= 0.6 is 12.2 Å². The van der Waals surface area contributed by atoms with Crippen LogP contribution in [0, 0.1) is 4.77 Å². The Balaban J connectivity index is 2.11. The molecule has 2 aromatic carbocycles. The number of pyridine rings is 1. The van der Waals surface area contributed by atoms with E-state index in [9.17, 15) is 13.6 Å². The van der Waals surface area contributed by atoms with Crippen LogP contribution in [0.5, 0.6) is 17.2 Å². The molecule has 0 fully saturated rings. The Morgan fingerprint density at radius 1 is 1.06 bits per heavy atom. The third-order valence-corrected chi connectivity index (χ3v) is 5.50. The van der Waals surface area contributed by atoms with Gasteiger partial charge in [0.2, 0.25) is 0 Å². The number of aromatic nitrogens is 3. The summed E-state index contributed by atoms with van der Waals surface area (Å²) in [5.41, 5.74) is -0.0413. The van der Waals surface area contributed by atoms with Crippen LogP contribution in [-0.2, 0) is 0 Å². The van der Waals surface area contributed by atoms with E-state index >= 15 is 0 Å². The molecule has 2 heterocycles. The normalized spacial score (nSPS) is 11.1. The van der Waals surface area contributed by atoms with Gasteiger partial charge in [0.15, 0.2) is 21.9 Å². The van der Waals surface area contributed by atoms with Gasteiger partial charge >= 0.3 is 0 Å². The summed E-state index contributed by atoms with van der Waals surface area (Å²) >= 11 is 5.42. The molecule has 0 amide bonds. The van der Waals surface area contributed by atoms with Crippen molar-refractivity contribution < 1.29 is 23.0 Å². The molecular weight excluding hydrogens is 464 g/mol. The Morgan fingerprint density at radius 2 is 1.79 bits per heavy atom. The number of methoxy groups -OCH3 is 2. The Hall–Kier alpha value is -3.79. The van der Waals surface area contributed by atoms with Crippen molar-refractivity contribution in [2.24, 2.45) is 0 Å². The second-order valence-electron chi connectivity index (χ2n) is 7.16. The number of fused-ring (bicyclic) bond motifs is 1.